The quantitative estimate of drug-likeness (QED) is 0.518. The molecule has 0 aliphatic heterocycles. The number of hydrogen-bond donors (Lipinski definition) is 2. The van der Waals surface area contributed by atoms with Crippen LogP contribution in [0.5, 0.6) is 0 Å². The average molecular weight is 243 g/mol. The molecule has 0 spiro atoms. The van der Waals surface area contributed by atoms with Gasteiger partial charge in [0.1, 0.15) is 0 Å². The van der Waals surface area contributed by atoms with Crippen LogP contribution in [0.2, 0.25) is 0 Å². The molecule has 3 nitrogen and oxygen atoms in total. The maximum absolute atomic E-state index is 11.3. The number of carbonyl (C=O) groups excluding carboxylic acids is 1. The molecule has 0 radical (unpaired) electrons. The first-order chi connectivity index (χ1) is 8.22. The van der Waals surface area contributed by atoms with E-state index in [-0.39, 0.29) is 12.4 Å². The molecule has 0 heterocycles. The predicted molar refractivity (Wildman–Crippen MR) is 71.9 cm³/mol. The minimum Gasteiger partial charge on any atom is -0.394 e. The van der Waals surface area contributed by atoms with E-state index in [0.717, 1.165) is 12.8 Å². The van der Waals surface area contributed by atoms with Crippen molar-refractivity contribution in [2.24, 2.45) is 5.73 Å². The van der Waals surface area contributed by atoms with Gasteiger partial charge in [0, 0.05) is 6.42 Å². The zero-order valence-corrected chi connectivity index (χ0v) is 11.3. The first-order valence-electron chi connectivity index (χ1n) is 7.11. The van der Waals surface area contributed by atoms with Gasteiger partial charge in [-0.1, -0.05) is 58.3 Å². The first kappa shape index (κ1) is 16.6. The Kier molecular flexibility index (Phi) is 11.8. The second-order valence-electron chi connectivity index (χ2n) is 4.83. The largest absolute Gasteiger partial charge is 0.394 e. The molecule has 3 N–H and O–H groups in total. The van der Waals surface area contributed by atoms with E-state index in [0.29, 0.717) is 6.42 Å². The fourth-order valence-corrected chi connectivity index (χ4v) is 1.90. The second-order valence-corrected chi connectivity index (χ2v) is 4.83. The van der Waals surface area contributed by atoms with E-state index in [4.69, 9.17) is 10.8 Å². The molecule has 0 aromatic carbocycles. The molecule has 0 aromatic heterocycles. The molecule has 0 saturated carbocycles. The summed E-state index contributed by atoms with van der Waals surface area (Å²) in [6, 6.07) is -0.663. The van der Waals surface area contributed by atoms with Crippen LogP contribution >= 0.6 is 0 Å². The van der Waals surface area contributed by atoms with Crippen LogP contribution in [-0.4, -0.2) is 23.5 Å². The zero-order chi connectivity index (χ0) is 12.9. The highest BCUT2D eigenvalue weighted by Crippen LogP contribution is 2.10. The number of ketones is 1. The Balaban J connectivity index is 3.16. The van der Waals surface area contributed by atoms with Gasteiger partial charge in [-0.05, 0) is 6.42 Å². The Hall–Kier alpha value is -0.410. The number of hydrogen-bond acceptors (Lipinski definition) is 3. The molecular formula is C14H29NO2. The summed E-state index contributed by atoms with van der Waals surface area (Å²) in [5.74, 6) is -0.00422. The van der Waals surface area contributed by atoms with Crippen LogP contribution in [0, 0.1) is 0 Å². The summed E-state index contributed by atoms with van der Waals surface area (Å²) in [7, 11) is 0. The van der Waals surface area contributed by atoms with E-state index in [1.165, 1.54) is 44.9 Å². The Bertz CT molecular complexity index is 183. The number of nitrogens with two attached hydrogens (primary N) is 1. The van der Waals surface area contributed by atoms with Crippen molar-refractivity contribution < 1.29 is 9.90 Å². The van der Waals surface area contributed by atoms with E-state index < -0.39 is 6.04 Å². The van der Waals surface area contributed by atoms with Gasteiger partial charge < -0.3 is 10.8 Å². The number of unbranched alkanes of at least 4 members (excludes halogenated alkanes) is 8. The number of rotatable bonds is 12. The van der Waals surface area contributed by atoms with Gasteiger partial charge in [-0.25, -0.2) is 0 Å². The topological polar surface area (TPSA) is 63.3 Å². The first-order valence-corrected chi connectivity index (χ1v) is 7.11. The van der Waals surface area contributed by atoms with Crippen molar-refractivity contribution in [3.63, 3.8) is 0 Å². The molecule has 0 aromatic rings. The molecule has 0 aliphatic carbocycles. The van der Waals surface area contributed by atoms with Crippen molar-refractivity contribution in [2.45, 2.75) is 77.2 Å². The van der Waals surface area contributed by atoms with E-state index in [1.54, 1.807) is 0 Å². The fraction of sp³-hybridized carbons (Fsp3) is 0.929. The molecule has 1 atom stereocenters. The zero-order valence-electron chi connectivity index (χ0n) is 11.3. The summed E-state index contributed by atoms with van der Waals surface area (Å²) in [6.07, 6.45) is 11.7. The monoisotopic (exact) mass is 243 g/mol. The molecular weight excluding hydrogens is 214 g/mol. The van der Waals surface area contributed by atoms with Crippen LogP contribution < -0.4 is 5.73 Å². The molecule has 3 heteroatoms. The summed E-state index contributed by atoms with van der Waals surface area (Å²) in [5, 5.41) is 8.70. The lowest BCUT2D eigenvalue weighted by atomic mass is 10.0. The van der Waals surface area contributed by atoms with Crippen LogP contribution in [0.3, 0.4) is 0 Å². The minimum atomic E-state index is -0.663. The van der Waals surface area contributed by atoms with Gasteiger partial charge in [0.15, 0.2) is 5.78 Å². The SMILES string of the molecule is CCCCCCCCCCCC(=O)[C@@H](N)CO. The van der Waals surface area contributed by atoms with Gasteiger partial charge in [0.05, 0.1) is 12.6 Å². The van der Waals surface area contributed by atoms with Crippen LogP contribution in [-0.2, 0) is 4.79 Å². The number of aliphatic hydroxyl groups is 1. The highest BCUT2D eigenvalue weighted by Gasteiger charge is 2.10. The molecule has 0 bridgehead atoms. The summed E-state index contributed by atoms with van der Waals surface area (Å²) >= 11 is 0. The maximum atomic E-state index is 11.3. The number of carbonyl (C=O) groups is 1. The summed E-state index contributed by atoms with van der Waals surface area (Å²) < 4.78 is 0. The normalized spacial score (nSPS) is 12.6. The minimum absolute atomic E-state index is 0.00422. The number of aliphatic hydroxyl groups excluding tert-OH is 1. The van der Waals surface area contributed by atoms with Crippen molar-refractivity contribution in [3.05, 3.63) is 0 Å². The Morgan fingerprint density at radius 2 is 1.47 bits per heavy atom. The summed E-state index contributed by atoms with van der Waals surface area (Å²) in [6.45, 7) is 2.00. The van der Waals surface area contributed by atoms with Crippen LogP contribution in [0.25, 0.3) is 0 Å². The molecule has 0 fully saturated rings. The van der Waals surface area contributed by atoms with Crippen LogP contribution in [0.4, 0.5) is 0 Å². The van der Waals surface area contributed by atoms with Crippen molar-refractivity contribution in [2.75, 3.05) is 6.61 Å². The van der Waals surface area contributed by atoms with Crippen molar-refractivity contribution in [1.82, 2.24) is 0 Å². The summed E-state index contributed by atoms with van der Waals surface area (Å²) in [5.41, 5.74) is 5.43. The van der Waals surface area contributed by atoms with E-state index in [9.17, 15) is 4.79 Å². The molecule has 0 saturated heterocycles. The Morgan fingerprint density at radius 1 is 1.00 bits per heavy atom. The van der Waals surface area contributed by atoms with Crippen molar-refractivity contribution in [3.8, 4) is 0 Å². The Morgan fingerprint density at radius 3 is 1.94 bits per heavy atom. The van der Waals surface area contributed by atoms with Gasteiger partial charge in [0.2, 0.25) is 0 Å². The molecule has 17 heavy (non-hydrogen) atoms. The van der Waals surface area contributed by atoms with Crippen LogP contribution in [0.1, 0.15) is 71.1 Å². The highest BCUT2D eigenvalue weighted by atomic mass is 16.3. The average Bonchev–Trinajstić information content (AvgIpc) is 2.35. The van der Waals surface area contributed by atoms with Gasteiger partial charge >= 0.3 is 0 Å². The second kappa shape index (κ2) is 12.1. The smallest absolute Gasteiger partial charge is 0.151 e. The van der Waals surface area contributed by atoms with Gasteiger partial charge in [-0.3, -0.25) is 4.79 Å². The highest BCUT2D eigenvalue weighted by molar-refractivity contribution is 5.83. The lowest BCUT2D eigenvalue weighted by Gasteiger charge is -2.06. The Labute approximate surface area is 106 Å². The third kappa shape index (κ3) is 10.5. The maximum Gasteiger partial charge on any atom is 0.151 e. The van der Waals surface area contributed by atoms with E-state index >= 15 is 0 Å². The van der Waals surface area contributed by atoms with Gasteiger partial charge in [-0.15, -0.1) is 0 Å². The fourth-order valence-electron chi connectivity index (χ4n) is 1.90. The summed E-state index contributed by atoms with van der Waals surface area (Å²) in [4.78, 5) is 11.3. The molecule has 0 aliphatic rings. The third-order valence-corrected chi connectivity index (χ3v) is 3.14. The lowest BCUT2D eigenvalue weighted by molar-refractivity contribution is -0.121. The van der Waals surface area contributed by atoms with E-state index in [1.807, 2.05) is 0 Å². The predicted octanol–water partition coefficient (Wildman–Crippen LogP) is 2.80. The molecule has 0 rings (SSSR count). The van der Waals surface area contributed by atoms with E-state index in [2.05, 4.69) is 6.92 Å². The lowest BCUT2D eigenvalue weighted by Crippen LogP contribution is -2.33. The van der Waals surface area contributed by atoms with Gasteiger partial charge in [0.25, 0.3) is 0 Å². The third-order valence-electron chi connectivity index (χ3n) is 3.14. The van der Waals surface area contributed by atoms with Crippen molar-refractivity contribution in [1.29, 1.82) is 0 Å². The number of Topliss-reactive ketones (excluding diaryl/α,β-unsaturated/α-hetero) is 1. The molecule has 0 unspecified atom stereocenters. The standard InChI is InChI=1S/C14H29NO2/c1-2-3-4-5-6-7-8-9-10-11-14(17)13(15)12-16/h13,16H,2-12,15H2,1H3/t13-/m0/s1. The molecule has 0 amide bonds. The van der Waals surface area contributed by atoms with Gasteiger partial charge in [-0.2, -0.15) is 0 Å². The van der Waals surface area contributed by atoms with Crippen LogP contribution in [0.15, 0.2) is 0 Å². The van der Waals surface area contributed by atoms with Crippen molar-refractivity contribution >= 4 is 5.78 Å². The molecule has 102 valence electrons.